The molecule has 1 aromatic rings. The number of para-hydroxylation sites is 1. The first-order chi connectivity index (χ1) is 11.0. The van der Waals surface area contributed by atoms with Crippen molar-refractivity contribution in [2.45, 2.75) is 38.9 Å². The van der Waals surface area contributed by atoms with Crippen molar-refractivity contribution in [1.82, 2.24) is 5.32 Å². The number of hydrogen-bond donors (Lipinski definition) is 3. The van der Waals surface area contributed by atoms with E-state index in [1.807, 2.05) is 13.8 Å². The van der Waals surface area contributed by atoms with Gasteiger partial charge in [-0.2, -0.15) is 0 Å². The average molecular weight is 319 g/mol. The van der Waals surface area contributed by atoms with Crippen LogP contribution in [0.3, 0.4) is 0 Å². The molecular formula is C17H25N3O3. The molecule has 0 aliphatic carbocycles. The number of anilines is 1. The van der Waals surface area contributed by atoms with Crippen LogP contribution in [0.1, 0.15) is 37.0 Å². The molecule has 0 unspecified atom stereocenters. The number of ether oxygens (including phenoxy) is 1. The Hall–Kier alpha value is -1.92. The standard InChI is InChI=1S/C17H25N3O3/c1-11(2)10-19-16(21)13-5-3-4-6-14(13)20-17(22)15-8-7-12(9-18)23-15/h3-6,11-12,15H,7-10,18H2,1-2H3,(H,19,21)(H,20,22)/t12-,15+/m1/s1. The molecule has 1 aromatic carbocycles. The lowest BCUT2D eigenvalue weighted by Gasteiger charge is -2.15. The first-order valence-electron chi connectivity index (χ1n) is 8.05. The molecule has 1 heterocycles. The number of nitrogens with two attached hydrogens (primary N) is 1. The summed E-state index contributed by atoms with van der Waals surface area (Å²) >= 11 is 0. The van der Waals surface area contributed by atoms with E-state index in [0.29, 0.717) is 36.7 Å². The third-order valence-electron chi connectivity index (χ3n) is 3.76. The van der Waals surface area contributed by atoms with E-state index in [2.05, 4.69) is 10.6 Å². The van der Waals surface area contributed by atoms with Gasteiger partial charge in [-0.1, -0.05) is 26.0 Å². The highest BCUT2D eigenvalue weighted by atomic mass is 16.5. The third-order valence-corrected chi connectivity index (χ3v) is 3.76. The van der Waals surface area contributed by atoms with E-state index in [-0.39, 0.29) is 17.9 Å². The zero-order valence-corrected chi connectivity index (χ0v) is 13.7. The number of carbonyl (C=O) groups is 2. The van der Waals surface area contributed by atoms with Crippen LogP contribution in [0.2, 0.25) is 0 Å². The van der Waals surface area contributed by atoms with Crippen LogP contribution in [0.5, 0.6) is 0 Å². The Bertz CT molecular complexity index is 560. The Kier molecular flexibility index (Phi) is 6.12. The van der Waals surface area contributed by atoms with Crippen molar-refractivity contribution < 1.29 is 14.3 Å². The molecule has 2 atom stereocenters. The molecule has 1 fully saturated rings. The van der Waals surface area contributed by atoms with Crippen molar-refractivity contribution in [3.8, 4) is 0 Å². The van der Waals surface area contributed by atoms with Crippen LogP contribution in [0.25, 0.3) is 0 Å². The van der Waals surface area contributed by atoms with Crippen LogP contribution in [-0.2, 0) is 9.53 Å². The highest BCUT2D eigenvalue weighted by Gasteiger charge is 2.30. The number of rotatable bonds is 6. The summed E-state index contributed by atoms with van der Waals surface area (Å²) in [6.45, 7) is 5.06. The van der Waals surface area contributed by atoms with Crippen LogP contribution in [0, 0.1) is 5.92 Å². The molecule has 4 N–H and O–H groups in total. The van der Waals surface area contributed by atoms with Gasteiger partial charge >= 0.3 is 0 Å². The second kappa shape index (κ2) is 8.08. The van der Waals surface area contributed by atoms with Gasteiger partial charge in [0.25, 0.3) is 11.8 Å². The molecule has 6 heteroatoms. The van der Waals surface area contributed by atoms with Crippen molar-refractivity contribution in [2.24, 2.45) is 11.7 Å². The van der Waals surface area contributed by atoms with Crippen LogP contribution in [0.4, 0.5) is 5.69 Å². The van der Waals surface area contributed by atoms with Gasteiger partial charge in [0.2, 0.25) is 0 Å². The Morgan fingerprint density at radius 2 is 2.04 bits per heavy atom. The summed E-state index contributed by atoms with van der Waals surface area (Å²) in [7, 11) is 0. The van der Waals surface area contributed by atoms with E-state index in [4.69, 9.17) is 10.5 Å². The molecule has 1 aliphatic rings. The van der Waals surface area contributed by atoms with Gasteiger partial charge in [0.05, 0.1) is 17.4 Å². The largest absolute Gasteiger partial charge is 0.364 e. The van der Waals surface area contributed by atoms with Gasteiger partial charge in [-0.3, -0.25) is 9.59 Å². The molecule has 1 aliphatic heterocycles. The van der Waals surface area contributed by atoms with Crippen LogP contribution >= 0.6 is 0 Å². The molecular weight excluding hydrogens is 294 g/mol. The topological polar surface area (TPSA) is 93.5 Å². The Labute approximate surface area is 136 Å². The quantitative estimate of drug-likeness (QED) is 0.741. The number of carbonyl (C=O) groups excluding carboxylic acids is 2. The van der Waals surface area contributed by atoms with E-state index in [1.165, 1.54) is 0 Å². The maximum Gasteiger partial charge on any atom is 0.253 e. The van der Waals surface area contributed by atoms with Gasteiger partial charge in [-0.05, 0) is 30.9 Å². The average Bonchev–Trinajstić information content (AvgIpc) is 3.02. The minimum absolute atomic E-state index is 0.0599. The smallest absolute Gasteiger partial charge is 0.253 e. The SMILES string of the molecule is CC(C)CNC(=O)c1ccccc1NC(=O)[C@@H]1CC[C@H](CN)O1. The summed E-state index contributed by atoms with van der Waals surface area (Å²) in [6.07, 6.45) is 0.867. The summed E-state index contributed by atoms with van der Waals surface area (Å²) in [4.78, 5) is 24.6. The summed E-state index contributed by atoms with van der Waals surface area (Å²) in [5.41, 5.74) is 6.51. The van der Waals surface area contributed by atoms with Gasteiger partial charge in [0.15, 0.2) is 0 Å². The van der Waals surface area contributed by atoms with Gasteiger partial charge < -0.3 is 21.1 Å². The van der Waals surface area contributed by atoms with Crippen molar-refractivity contribution in [3.05, 3.63) is 29.8 Å². The van der Waals surface area contributed by atoms with E-state index in [0.717, 1.165) is 6.42 Å². The summed E-state index contributed by atoms with van der Waals surface area (Å²) in [5.74, 6) is -0.0624. The van der Waals surface area contributed by atoms with Crippen molar-refractivity contribution in [3.63, 3.8) is 0 Å². The van der Waals surface area contributed by atoms with Gasteiger partial charge in [-0.25, -0.2) is 0 Å². The lowest BCUT2D eigenvalue weighted by molar-refractivity contribution is -0.126. The molecule has 2 amide bonds. The van der Waals surface area contributed by atoms with Crippen molar-refractivity contribution >= 4 is 17.5 Å². The van der Waals surface area contributed by atoms with Crippen LogP contribution in [0.15, 0.2) is 24.3 Å². The summed E-state index contributed by atoms with van der Waals surface area (Å²) < 4.78 is 5.59. The predicted molar refractivity (Wildman–Crippen MR) is 89.2 cm³/mol. The van der Waals surface area contributed by atoms with Crippen molar-refractivity contribution in [1.29, 1.82) is 0 Å². The Morgan fingerprint density at radius 3 is 2.70 bits per heavy atom. The van der Waals surface area contributed by atoms with Crippen LogP contribution in [-0.4, -0.2) is 37.1 Å². The van der Waals surface area contributed by atoms with Gasteiger partial charge in [-0.15, -0.1) is 0 Å². The number of benzene rings is 1. The van der Waals surface area contributed by atoms with E-state index in [1.54, 1.807) is 24.3 Å². The Morgan fingerprint density at radius 1 is 1.30 bits per heavy atom. The maximum atomic E-state index is 12.3. The first kappa shape index (κ1) is 17.4. The normalized spacial score (nSPS) is 20.5. The molecule has 0 radical (unpaired) electrons. The second-order valence-electron chi connectivity index (χ2n) is 6.20. The molecule has 0 spiro atoms. The summed E-state index contributed by atoms with van der Waals surface area (Å²) in [5, 5.41) is 5.66. The molecule has 0 bridgehead atoms. The molecule has 6 nitrogen and oxygen atoms in total. The highest BCUT2D eigenvalue weighted by molar-refractivity contribution is 6.04. The molecule has 0 aromatic heterocycles. The number of hydrogen-bond acceptors (Lipinski definition) is 4. The predicted octanol–water partition coefficient (Wildman–Crippen LogP) is 1.52. The zero-order valence-electron chi connectivity index (χ0n) is 13.7. The molecule has 0 saturated carbocycles. The zero-order chi connectivity index (χ0) is 16.8. The summed E-state index contributed by atoms with van der Waals surface area (Å²) in [6, 6.07) is 6.98. The first-order valence-corrected chi connectivity index (χ1v) is 8.05. The minimum atomic E-state index is -0.504. The molecule has 1 saturated heterocycles. The van der Waals surface area contributed by atoms with E-state index >= 15 is 0 Å². The molecule has 126 valence electrons. The Balaban J connectivity index is 2.02. The molecule has 23 heavy (non-hydrogen) atoms. The van der Waals surface area contributed by atoms with Crippen molar-refractivity contribution in [2.75, 3.05) is 18.4 Å². The monoisotopic (exact) mass is 319 g/mol. The van der Waals surface area contributed by atoms with Crippen LogP contribution < -0.4 is 16.4 Å². The number of nitrogens with one attached hydrogen (secondary N) is 2. The highest BCUT2D eigenvalue weighted by Crippen LogP contribution is 2.22. The van der Waals surface area contributed by atoms with E-state index in [9.17, 15) is 9.59 Å². The lowest BCUT2D eigenvalue weighted by atomic mass is 10.1. The third kappa shape index (κ3) is 4.77. The number of amides is 2. The fourth-order valence-electron chi connectivity index (χ4n) is 2.47. The van der Waals surface area contributed by atoms with Gasteiger partial charge in [0.1, 0.15) is 6.10 Å². The van der Waals surface area contributed by atoms with Gasteiger partial charge in [0, 0.05) is 13.1 Å². The lowest BCUT2D eigenvalue weighted by Crippen LogP contribution is -2.32. The second-order valence-corrected chi connectivity index (χ2v) is 6.20. The minimum Gasteiger partial charge on any atom is -0.364 e. The maximum absolute atomic E-state index is 12.3. The van der Waals surface area contributed by atoms with E-state index < -0.39 is 6.10 Å². The molecule has 2 rings (SSSR count). The fourth-order valence-corrected chi connectivity index (χ4v) is 2.47. The fraction of sp³-hybridized carbons (Fsp3) is 0.529.